The molecule has 0 aromatic carbocycles. The first kappa shape index (κ1) is 17.6. The number of ether oxygens (including phenoxy) is 1. The highest BCUT2D eigenvalue weighted by molar-refractivity contribution is 5.70. The van der Waals surface area contributed by atoms with E-state index < -0.39 is 17.2 Å². The van der Waals surface area contributed by atoms with Gasteiger partial charge in [-0.2, -0.15) is 13.2 Å². The Morgan fingerprint density at radius 2 is 1.76 bits per heavy atom. The Bertz CT molecular complexity index is 591. The molecule has 0 aromatic heterocycles. The number of carbonyl (C=O) groups excluding carboxylic acids is 1. The molecule has 3 aliphatic carbocycles. The van der Waals surface area contributed by atoms with Crippen LogP contribution in [0.15, 0.2) is 0 Å². The summed E-state index contributed by atoms with van der Waals surface area (Å²) in [5.74, 6) is 0.505. The van der Waals surface area contributed by atoms with E-state index in [9.17, 15) is 23.1 Å². The maximum atomic E-state index is 13.7. The van der Waals surface area contributed by atoms with Crippen LogP contribution in [0.3, 0.4) is 0 Å². The maximum Gasteiger partial charge on any atom is 0.417 e. The van der Waals surface area contributed by atoms with E-state index in [1.165, 1.54) is 0 Å². The van der Waals surface area contributed by atoms with Crippen molar-refractivity contribution < 1.29 is 27.8 Å². The van der Waals surface area contributed by atoms with Gasteiger partial charge >= 0.3 is 12.1 Å². The van der Waals surface area contributed by atoms with E-state index in [-0.39, 0.29) is 41.5 Å². The largest absolute Gasteiger partial charge is 0.465 e. The number of cyclic esters (lactones) is 1. The zero-order valence-electron chi connectivity index (χ0n) is 14.9. The fourth-order valence-electron chi connectivity index (χ4n) is 7.07. The van der Waals surface area contributed by atoms with E-state index in [2.05, 4.69) is 6.92 Å². The van der Waals surface area contributed by atoms with Gasteiger partial charge < -0.3 is 9.84 Å². The summed E-state index contributed by atoms with van der Waals surface area (Å²) in [4.78, 5) is 11.7. The van der Waals surface area contributed by atoms with E-state index in [0.29, 0.717) is 32.3 Å². The Kier molecular flexibility index (Phi) is 3.62. The van der Waals surface area contributed by atoms with E-state index >= 15 is 0 Å². The number of alkyl halides is 3. The summed E-state index contributed by atoms with van der Waals surface area (Å²) in [5, 5.41) is 10.6. The van der Waals surface area contributed by atoms with Gasteiger partial charge in [0.15, 0.2) is 5.60 Å². The second-order valence-corrected chi connectivity index (χ2v) is 9.37. The molecule has 3 saturated carbocycles. The minimum absolute atomic E-state index is 0.103. The zero-order valence-corrected chi connectivity index (χ0v) is 14.9. The van der Waals surface area contributed by atoms with Gasteiger partial charge in [0, 0.05) is 17.3 Å². The molecule has 0 amide bonds. The number of fused-ring (bicyclic) bond motifs is 5. The molecular formula is C19H27F3O3. The lowest BCUT2D eigenvalue weighted by Gasteiger charge is -2.60. The first-order valence-electron chi connectivity index (χ1n) is 9.48. The molecule has 1 saturated heterocycles. The van der Waals surface area contributed by atoms with Crippen LogP contribution in [0.2, 0.25) is 0 Å². The van der Waals surface area contributed by atoms with Crippen LogP contribution in [0.5, 0.6) is 0 Å². The molecule has 4 aliphatic rings. The van der Waals surface area contributed by atoms with Crippen LogP contribution in [-0.2, 0) is 9.53 Å². The highest BCUT2D eigenvalue weighted by Gasteiger charge is 2.72. The van der Waals surface area contributed by atoms with Crippen LogP contribution >= 0.6 is 0 Å². The van der Waals surface area contributed by atoms with Crippen molar-refractivity contribution in [2.24, 2.45) is 34.5 Å². The summed E-state index contributed by atoms with van der Waals surface area (Å²) in [5.41, 5.74) is -3.79. The Labute approximate surface area is 146 Å². The molecule has 142 valence electrons. The van der Waals surface area contributed by atoms with E-state index in [4.69, 9.17) is 4.74 Å². The molecule has 3 nitrogen and oxygen atoms in total. The van der Waals surface area contributed by atoms with Crippen molar-refractivity contribution >= 4 is 5.97 Å². The SMILES string of the molecule is C[C@]12COC(=O)C[C@@H]1CC[C@@H]1[C@@H]2CC[C@@]2(C)[C@H]1CC[C@@]2(O)C(F)(F)F. The number of hydrogen-bond donors (Lipinski definition) is 1. The minimum atomic E-state index is -4.58. The van der Waals surface area contributed by atoms with Gasteiger partial charge in [-0.05, 0) is 62.2 Å². The minimum Gasteiger partial charge on any atom is -0.465 e. The fourth-order valence-corrected chi connectivity index (χ4v) is 7.07. The first-order valence-corrected chi connectivity index (χ1v) is 9.48. The van der Waals surface area contributed by atoms with Gasteiger partial charge in [0.05, 0.1) is 6.61 Å². The number of hydrogen-bond acceptors (Lipinski definition) is 3. The number of aliphatic hydroxyl groups is 1. The number of esters is 1. The van der Waals surface area contributed by atoms with Gasteiger partial charge in [0.25, 0.3) is 0 Å². The standard InChI is InChI=1S/C19H27F3O3/c1-16-10-25-15(23)9-11(16)3-4-12-13(16)5-7-17(2)14(12)6-8-18(17,24)19(20,21)22/h11-14,24H,3-10H2,1-2H3/t11-,12+,13-,14-,16-,17-,18-/m0/s1. The van der Waals surface area contributed by atoms with Gasteiger partial charge in [-0.1, -0.05) is 13.8 Å². The molecule has 4 rings (SSSR count). The zero-order chi connectivity index (χ0) is 18.3. The summed E-state index contributed by atoms with van der Waals surface area (Å²) >= 11 is 0. The first-order chi connectivity index (χ1) is 11.5. The number of carbonyl (C=O) groups is 1. The van der Waals surface area contributed by atoms with Crippen LogP contribution < -0.4 is 0 Å². The van der Waals surface area contributed by atoms with Crippen LogP contribution in [0, 0.1) is 34.5 Å². The Morgan fingerprint density at radius 3 is 2.44 bits per heavy atom. The van der Waals surface area contributed by atoms with Gasteiger partial charge in [-0.3, -0.25) is 4.79 Å². The summed E-state index contributed by atoms with van der Waals surface area (Å²) in [6, 6.07) is 0. The molecule has 7 atom stereocenters. The third kappa shape index (κ3) is 2.12. The molecule has 1 N–H and O–H groups in total. The van der Waals surface area contributed by atoms with Crippen molar-refractivity contribution in [1.29, 1.82) is 0 Å². The highest BCUT2D eigenvalue weighted by Crippen LogP contribution is 2.69. The molecule has 0 unspecified atom stereocenters. The van der Waals surface area contributed by atoms with Crippen LogP contribution in [0.1, 0.15) is 58.8 Å². The fraction of sp³-hybridized carbons (Fsp3) is 0.947. The van der Waals surface area contributed by atoms with Gasteiger partial charge in [0.1, 0.15) is 0 Å². The molecule has 6 heteroatoms. The van der Waals surface area contributed by atoms with Crippen molar-refractivity contribution in [3.8, 4) is 0 Å². The maximum absolute atomic E-state index is 13.7. The molecule has 4 fully saturated rings. The van der Waals surface area contributed by atoms with Crippen molar-refractivity contribution in [2.45, 2.75) is 70.6 Å². The molecule has 0 aromatic rings. The van der Waals surface area contributed by atoms with E-state index in [1.54, 1.807) is 6.92 Å². The van der Waals surface area contributed by atoms with Crippen LogP contribution in [-0.4, -0.2) is 29.5 Å². The van der Waals surface area contributed by atoms with Crippen LogP contribution in [0.25, 0.3) is 0 Å². The average molecular weight is 360 g/mol. The molecule has 25 heavy (non-hydrogen) atoms. The predicted octanol–water partition coefficient (Wildman–Crippen LogP) is 4.09. The van der Waals surface area contributed by atoms with Gasteiger partial charge in [-0.15, -0.1) is 0 Å². The quantitative estimate of drug-likeness (QED) is 0.662. The van der Waals surface area contributed by atoms with Crippen molar-refractivity contribution in [2.75, 3.05) is 6.61 Å². The molecule has 1 heterocycles. The van der Waals surface area contributed by atoms with E-state index in [1.807, 2.05) is 0 Å². The monoisotopic (exact) mass is 360 g/mol. The van der Waals surface area contributed by atoms with Gasteiger partial charge in [0.2, 0.25) is 0 Å². The molecule has 0 spiro atoms. The van der Waals surface area contributed by atoms with Crippen molar-refractivity contribution in [3.63, 3.8) is 0 Å². The molecular weight excluding hydrogens is 333 g/mol. The molecule has 1 aliphatic heterocycles. The second kappa shape index (κ2) is 5.14. The number of rotatable bonds is 0. The molecule has 0 bridgehead atoms. The summed E-state index contributed by atoms with van der Waals surface area (Å²) < 4.78 is 46.4. The lowest BCUT2D eigenvalue weighted by Crippen LogP contribution is -2.61. The third-order valence-corrected chi connectivity index (χ3v) is 8.64. The Morgan fingerprint density at radius 1 is 1.08 bits per heavy atom. The third-order valence-electron chi connectivity index (χ3n) is 8.64. The van der Waals surface area contributed by atoms with Crippen molar-refractivity contribution in [1.82, 2.24) is 0 Å². The second-order valence-electron chi connectivity index (χ2n) is 9.37. The Hall–Kier alpha value is -0.780. The smallest absolute Gasteiger partial charge is 0.417 e. The summed E-state index contributed by atoms with van der Waals surface area (Å²) in [7, 11) is 0. The lowest BCUT2D eigenvalue weighted by atomic mass is 9.46. The average Bonchev–Trinajstić information content (AvgIpc) is 2.81. The lowest BCUT2D eigenvalue weighted by molar-refractivity contribution is -0.304. The van der Waals surface area contributed by atoms with Crippen LogP contribution in [0.4, 0.5) is 13.2 Å². The topological polar surface area (TPSA) is 46.5 Å². The number of halogens is 3. The van der Waals surface area contributed by atoms with E-state index in [0.717, 1.165) is 12.8 Å². The van der Waals surface area contributed by atoms with Crippen molar-refractivity contribution in [3.05, 3.63) is 0 Å². The Balaban J connectivity index is 1.66. The molecule has 0 radical (unpaired) electrons. The normalized spacial score (nSPS) is 52.8. The predicted molar refractivity (Wildman–Crippen MR) is 84.5 cm³/mol. The summed E-state index contributed by atoms with van der Waals surface area (Å²) in [6.07, 6.45) is -1.06. The summed E-state index contributed by atoms with van der Waals surface area (Å²) in [6.45, 7) is 4.21. The van der Waals surface area contributed by atoms with Gasteiger partial charge in [-0.25, -0.2) is 0 Å². The highest BCUT2D eigenvalue weighted by atomic mass is 19.4.